The van der Waals surface area contributed by atoms with E-state index in [0.29, 0.717) is 21.9 Å². The molecule has 0 aliphatic carbocycles. The van der Waals surface area contributed by atoms with Crippen LogP contribution in [0.15, 0.2) is 24.3 Å². The summed E-state index contributed by atoms with van der Waals surface area (Å²) in [7, 11) is 0. The molecule has 0 radical (unpaired) electrons. The molecule has 0 bridgehead atoms. The molecule has 0 unspecified atom stereocenters. The van der Waals surface area contributed by atoms with E-state index >= 15 is 0 Å². The summed E-state index contributed by atoms with van der Waals surface area (Å²) in [4.78, 5) is 43.9. The van der Waals surface area contributed by atoms with Gasteiger partial charge < -0.3 is 14.5 Å². The molecule has 1 heterocycles. The van der Waals surface area contributed by atoms with E-state index in [4.69, 9.17) is 9.47 Å². The third kappa shape index (κ3) is 5.79. The number of anilines is 1. The average Bonchev–Trinajstić information content (AvgIpc) is 2.92. The zero-order valence-corrected chi connectivity index (χ0v) is 18.1. The van der Waals surface area contributed by atoms with Crippen LogP contribution in [0.25, 0.3) is 11.3 Å². The Labute approximate surface area is 174 Å². The summed E-state index contributed by atoms with van der Waals surface area (Å²) < 4.78 is 10.7. The summed E-state index contributed by atoms with van der Waals surface area (Å²) in [5, 5.41) is 11.1. The molecular formula is C20H26N4O6. The number of non-ortho nitro benzene ring substituents is 1. The van der Waals surface area contributed by atoms with Crippen LogP contribution < -0.4 is 4.90 Å². The number of benzene rings is 1. The second-order valence-corrected chi connectivity index (χ2v) is 8.64. The van der Waals surface area contributed by atoms with Crippen molar-refractivity contribution in [3.63, 3.8) is 0 Å². The van der Waals surface area contributed by atoms with Gasteiger partial charge in [0.15, 0.2) is 0 Å². The van der Waals surface area contributed by atoms with Gasteiger partial charge in [-0.15, -0.1) is 4.90 Å². The number of nitro groups is 1. The third-order valence-electron chi connectivity index (χ3n) is 3.57. The van der Waals surface area contributed by atoms with Gasteiger partial charge in [0.05, 0.1) is 10.6 Å². The number of aromatic amines is 1. The predicted molar refractivity (Wildman–Crippen MR) is 110 cm³/mol. The summed E-state index contributed by atoms with van der Waals surface area (Å²) in [6, 6.07) is 5.89. The number of imide groups is 1. The van der Waals surface area contributed by atoms with Crippen LogP contribution in [0.3, 0.4) is 0 Å². The highest BCUT2D eigenvalue weighted by Crippen LogP contribution is 2.28. The molecule has 0 saturated heterocycles. The van der Waals surface area contributed by atoms with E-state index in [-0.39, 0.29) is 11.6 Å². The van der Waals surface area contributed by atoms with Gasteiger partial charge in [-0.25, -0.2) is 14.6 Å². The fourth-order valence-corrected chi connectivity index (χ4v) is 2.46. The molecule has 10 nitrogen and oxygen atoms in total. The van der Waals surface area contributed by atoms with Crippen molar-refractivity contribution in [2.75, 3.05) is 4.90 Å². The Hall–Kier alpha value is -3.43. The lowest BCUT2D eigenvalue weighted by atomic mass is 10.1. The number of rotatable bonds is 3. The molecule has 162 valence electrons. The fourth-order valence-electron chi connectivity index (χ4n) is 2.46. The quantitative estimate of drug-likeness (QED) is 0.550. The van der Waals surface area contributed by atoms with Gasteiger partial charge in [-0.1, -0.05) is 12.1 Å². The highest BCUT2D eigenvalue weighted by Gasteiger charge is 2.35. The van der Waals surface area contributed by atoms with Crippen molar-refractivity contribution in [2.24, 2.45) is 0 Å². The number of imidazole rings is 1. The van der Waals surface area contributed by atoms with E-state index in [2.05, 4.69) is 9.97 Å². The number of nitrogens with one attached hydrogen (secondary N) is 1. The summed E-state index contributed by atoms with van der Waals surface area (Å²) in [5.74, 6) is -0.113. The van der Waals surface area contributed by atoms with Crippen molar-refractivity contribution in [1.82, 2.24) is 9.97 Å². The van der Waals surface area contributed by atoms with Crippen molar-refractivity contribution in [2.45, 2.75) is 59.7 Å². The van der Waals surface area contributed by atoms with Crippen LogP contribution in [0, 0.1) is 17.0 Å². The normalized spacial score (nSPS) is 11.7. The highest BCUT2D eigenvalue weighted by molar-refractivity contribution is 6.08. The number of hydrogen-bond acceptors (Lipinski definition) is 7. The zero-order valence-electron chi connectivity index (χ0n) is 18.1. The number of amides is 2. The third-order valence-corrected chi connectivity index (χ3v) is 3.57. The minimum Gasteiger partial charge on any atom is -0.443 e. The second kappa shape index (κ2) is 8.13. The van der Waals surface area contributed by atoms with Crippen molar-refractivity contribution in [1.29, 1.82) is 0 Å². The number of H-pyrrole nitrogens is 1. The number of aryl methyl sites for hydroxylation is 1. The fraction of sp³-hybridized carbons (Fsp3) is 0.450. The molecule has 2 rings (SSSR count). The monoisotopic (exact) mass is 418 g/mol. The Bertz CT molecular complexity index is 940. The molecule has 2 amide bonds. The SMILES string of the molecule is Cc1[nH]c(N(C(=O)OC(C)(C)C)C(=O)OC(C)(C)C)nc1-c1cccc([N+](=O)[O-])c1. The Morgan fingerprint density at radius 1 is 1.07 bits per heavy atom. The lowest BCUT2D eigenvalue weighted by Crippen LogP contribution is -2.44. The van der Waals surface area contributed by atoms with Crippen LogP contribution in [-0.4, -0.2) is 38.3 Å². The molecule has 1 aromatic heterocycles. The average molecular weight is 418 g/mol. The van der Waals surface area contributed by atoms with Crippen molar-refractivity contribution in [3.05, 3.63) is 40.1 Å². The van der Waals surface area contributed by atoms with Gasteiger partial charge in [0.1, 0.15) is 11.2 Å². The number of hydrogen-bond donors (Lipinski definition) is 1. The molecule has 0 spiro atoms. The molecule has 0 fully saturated rings. The molecule has 1 aromatic carbocycles. The van der Waals surface area contributed by atoms with E-state index < -0.39 is 28.3 Å². The van der Waals surface area contributed by atoms with E-state index in [1.807, 2.05) is 0 Å². The molecule has 30 heavy (non-hydrogen) atoms. The Balaban J connectivity index is 2.50. The van der Waals surface area contributed by atoms with E-state index in [1.54, 1.807) is 54.5 Å². The molecular weight excluding hydrogens is 392 g/mol. The maximum absolute atomic E-state index is 12.7. The van der Waals surface area contributed by atoms with E-state index in [9.17, 15) is 19.7 Å². The van der Waals surface area contributed by atoms with E-state index in [1.165, 1.54) is 18.2 Å². The van der Waals surface area contributed by atoms with Gasteiger partial charge in [0, 0.05) is 23.4 Å². The van der Waals surface area contributed by atoms with Crippen molar-refractivity contribution >= 4 is 23.8 Å². The number of aromatic nitrogens is 2. The Morgan fingerprint density at radius 3 is 2.07 bits per heavy atom. The van der Waals surface area contributed by atoms with Gasteiger partial charge in [0.25, 0.3) is 5.69 Å². The second-order valence-electron chi connectivity index (χ2n) is 8.64. The standard InChI is InChI=1S/C20H26N4O6/c1-12-15(13-9-8-10-14(11-13)24(27)28)22-16(21-12)23(17(25)29-19(2,3)4)18(26)30-20(5,6)7/h8-11H,1-7H3,(H,21,22). The summed E-state index contributed by atoms with van der Waals surface area (Å²) in [5.41, 5.74) is -0.512. The van der Waals surface area contributed by atoms with Crippen molar-refractivity contribution in [3.8, 4) is 11.3 Å². The molecule has 0 aliphatic heterocycles. The minimum atomic E-state index is -0.962. The Morgan fingerprint density at radius 2 is 1.60 bits per heavy atom. The lowest BCUT2D eigenvalue weighted by molar-refractivity contribution is -0.384. The van der Waals surface area contributed by atoms with Crippen molar-refractivity contribution < 1.29 is 24.0 Å². The Kier molecular flexibility index (Phi) is 6.19. The van der Waals surface area contributed by atoms with Crippen LogP contribution in [-0.2, 0) is 9.47 Å². The lowest BCUT2D eigenvalue weighted by Gasteiger charge is -2.27. The maximum Gasteiger partial charge on any atom is 0.427 e. The number of carbonyl (C=O) groups is 2. The zero-order chi connectivity index (χ0) is 22.9. The van der Waals surface area contributed by atoms with Gasteiger partial charge in [0.2, 0.25) is 5.95 Å². The molecule has 0 saturated carbocycles. The first-order valence-electron chi connectivity index (χ1n) is 9.25. The molecule has 2 aromatic rings. The van der Waals surface area contributed by atoms with Crippen LogP contribution in [0.5, 0.6) is 0 Å². The molecule has 10 heteroatoms. The predicted octanol–water partition coefficient (Wildman–Crippen LogP) is 4.97. The van der Waals surface area contributed by atoms with Crippen LogP contribution in [0.4, 0.5) is 21.2 Å². The minimum absolute atomic E-state index is 0.104. The molecule has 0 aliphatic rings. The molecule has 0 atom stereocenters. The van der Waals surface area contributed by atoms with E-state index in [0.717, 1.165) is 0 Å². The van der Waals surface area contributed by atoms with Gasteiger partial charge >= 0.3 is 12.2 Å². The largest absolute Gasteiger partial charge is 0.443 e. The number of nitrogens with zero attached hydrogens (tertiary/aromatic N) is 3. The first-order chi connectivity index (χ1) is 13.7. The maximum atomic E-state index is 12.7. The first kappa shape index (κ1) is 22.9. The van der Waals surface area contributed by atoms with Crippen LogP contribution in [0.2, 0.25) is 0 Å². The summed E-state index contributed by atoms with van der Waals surface area (Å²) in [6.07, 6.45) is -1.92. The summed E-state index contributed by atoms with van der Waals surface area (Å²) >= 11 is 0. The number of ether oxygens (including phenoxy) is 2. The van der Waals surface area contributed by atoms with Gasteiger partial charge in [-0.3, -0.25) is 10.1 Å². The van der Waals surface area contributed by atoms with Gasteiger partial charge in [-0.05, 0) is 48.5 Å². The number of carbonyl (C=O) groups excluding carboxylic acids is 2. The summed E-state index contributed by atoms with van der Waals surface area (Å²) in [6.45, 7) is 11.7. The van der Waals surface area contributed by atoms with Crippen LogP contribution >= 0.6 is 0 Å². The first-order valence-corrected chi connectivity index (χ1v) is 9.25. The van der Waals surface area contributed by atoms with Crippen LogP contribution in [0.1, 0.15) is 47.2 Å². The smallest absolute Gasteiger partial charge is 0.427 e. The molecule has 1 N–H and O–H groups in total. The van der Waals surface area contributed by atoms with Gasteiger partial charge in [-0.2, -0.15) is 0 Å². The highest BCUT2D eigenvalue weighted by atomic mass is 16.6. The number of nitro benzene ring substituents is 1. The topological polar surface area (TPSA) is 128 Å².